The summed E-state index contributed by atoms with van der Waals surface area (Å²) in [7, 11) is 1.35. The van der Waals surface area contributed by atoms with E-state index in [0.717, 1.165) is 0 Å². The van der Waals surface area contributed by atoms with E-state index in [1.165, 1.54) is 7.11 Å². The number of hydrogen-bond acceptors (Lipinski definition) is 3. The molecule has 0 saturated heterocycles. The van der Waals surface area contributed by atoms with Crippen molar-refractivity contribution in [2.45, 2.75) is 32.4 Å². The van der Waals surface area contributed by atoms with Gasteiger partial charge in [-0.2, -0.15) is 0 Å². The van der Waals surface area contributed by atoms with E-state index in [2.05, 4.69) is 5.32 Å². The molecule has 1 N–H and O–H groups in total. The van der Waals surface area contributed by atoms with Gasteiger partial charge in [0.15, 0.2) is 0 Å². The molecule has 1 aromatic rings. The molecule has 0 aliphatic carbocycles. The summed E-state index contributed by atoms with van der Waals surface area (Å²) >= 11 is 12.1. The van der Waals surface area contributed by atoms with Gasteiger partial charge in [-0.05, 0) is 39.0 Å². The van der Waals surface area contributed by atoms with E-state index in [9.17, 15) is 4.79 Å². The zero-order valence-electron chi connectivity index (χ0n) is 10.9. The first kappa shape index (κ1) is 15.3. The van der Waals surface area contributed by atoms with Crippen LogP contribution in [0.5, 0.6) is 0 Å². The van der Waals surface area contributed by atoms with Gasteiger partial charge in [-0.3, -0.25) is 5.32 Å². The van der Waals surface area contributed by atoms with E-state index in [-0.39, 0.29) is 6.04 Å². The summed E-state index contributed by atoms with van der Waals surface area (Å²) in [5, 5.41) is 4.17. The van der Waals surface area contributed by atoms with Crippen LogP contribution in [0.1, 0.15) is 26.3 Å². The molecular weight excluding hydrogens is 273 g/mol. The van der Waals surface area contributed by atoms with Gasteiger partial charge < -0.3 is 4.74 Å². The Morgan fingerprint density at radius 2 is 2.00 bits per heavy atom. The molecule has 18 heavy (non-hydrogen) atoms. The molecule has 1 rings (SSSR count). The van der Waals surface area contributed by atoms with Gasteiger partial charge >= 0.3 is 5.97 Å². The lowest BCUT2D eigenvalue weighted by molar-refractivity contribution is -0.148. The average molecular weight is 290 g/mol. The Hall–Kier alpha value is -0.770. The molecule has 0 bridgehead atoms. The number of esters is 1. The van der Waals surface area contributed by atoms with Crippen molar-refractivity contribution >= 4 is 29.2 Å². The summed E-state index contributed by atoms with van der Waals surface area (Å²) < 4.78 is 4.86. The highest BCUT2D eigenvalue weighted by Gasteiger charge is 2.38. The number of methoxy groups -OCH3 is 1. The minimum absolute atomic E-state index is 0.0872. The van der Waals surface area contributed by atoms with Crippen molar-refractivity contribution < 1.29 is 9.53 Å². The Morgan fingerprint density at radius 1 is 1.39 bits per heavy atom. The normalized spacial score (nSPS) is 14.4. The van der Waals surface area contributed by atoms with Crippen molar-refractivity contribution in [3.63, 3.8) is 0 Å². The molecule has 0 spiro atoms. The number of benzene rings is 1. The number of hydrogen-bond donors (Lipinski definition) is 1. The molecule has 1 atom stereocenters. The summed E-state index contributed by atoms with van der Waals surface area (Å²) in [6.45, 7) is 5.62. The summed E-state index contributed by atoms with van der Waals surface area (Å²) in [4.78, 5) is 12.0. The zero-order chi connectivity index (χ0) is 13.9. The maximum absolute atomic E-state index is 12.0. The standard InChI is InChI=1S/C13H17Cl2NO2/c1-8(2)16-13(3,12(17)18-4)10-7-9(14)5-6-11(10)15/h5-8,16H,1-4H3. The fraction of sp³-hybridized carbons (Fsp3) is 0.462. The zero-order valence-corrected chi connectivity index (χ0v) is 12.4. The van der Waals surface area contributed by atoms with Crippen LogP contribution in [0.25, 0.3) is 0 Å². The molecule has 5 heteroatoms. The summed E-state index contributed by atoms with van der Waals surface area (Å²) in [6, 6.07) is 5.11. The quantitative estimate of drug-likeness (QED) is 0.864. The SMILES string of the molecule is COC(=O)C(C)(NC(C)C)c1cc(Cl)ccc1Cl. The van der Waals surface area contributed by atoms with E-state index in [1.807, 2.05) is 13.8 Å². The lowest BCUT2D eigenvalue weighted by Crippen LogP contribution is -2.50. The third-order valence-electron chi connectivity index (χ3n) is 2.64. The Balaban J connectivity index is 3.33. The summed E-state index contributed by atoms with van der Waals surface area (Å²) in [6.07, 6.45) is 0. The van der Waals surface area contributed by atoms with Crippen molar-refractivity contribution in [1.29, 1.82) is 0 Å². The van der Waals surface area contributed by atoms with Gasteiger partial charge in [0.2, 0.25) is 0 Å². The van der Waals surface area contributed by atoms with Crippen LogP contribution in [0.15, 0.2) is 18.2 Å². The Kier molecular flexibility index (Phi) is 5.02. The number of halogens is 2. The first-order chi connectivity index (χ1) is 8.31. The number of carbonyl (C=O) groups excluding carboxylic acids is 1. The largest absolute Gasteiger partial charge is 0.467 e. The molecule has 0 aromatic heterocycles. The van der Waals surface area contributed by atoms with Gasteiger partial charge in [0.25, 0.3) is 0 Å². The molecule has 0 amide bonds. The Bertz CT molecular complexity index is 449. The highest BCUT2D eigenvalue weighted by molar-refractivity contribution is 6.33. The predicted octanol–water partition coefficient (Wildman–Crippen LogP) is 3.38. The molecule has 1 aromatic carbocycles. The second-order valence-corrected chi connectivity index (χ2v) is 5.38. The highest BCUT2D eigenvalue weighted by Crippen LogP contribution is 2.32. The predicted molar refractivity (Wildman–Crippen MR) is 74.1 cm³/mol. The highest BCUT2D eigenvalue weighted by atomic mass is 35.5. The second kappa shape index (κ2) is 5.91. The minimum Gasteiger partial charge on any atom is -0.467 e. The van der Waals surface area contributed by atoms with Crippen molar-refractivity contribution in [3.8, 4) is 0 Å². The van der Waals surface area contributed by atoms with E-state index < -0.39 is 11.5 Å². The van der Waals surface area contributed by atoms with Gasteiger partial charge in [-0.15, -0.1) is 0 Å². The molecule has 0 radical (unpaired) electrons. The maximum Gasteiger partial charge on any atom is 0.330 e. The summed E-state index contributed by atoms with van der Waals surface area (Å²) in [5.41, 5.74) is -0.414. The minimum atomic E-state index is -1.02. The first-order valence-electron chi connectivity index (χ1n) is 5.63. The molecule has 0 fully saturated rings. The molecular formula is C13H17Cl2NO2. The third-order valence-corrected chi connectivity index (χ3v) is 3.20. The maximum atomic E-state index is 12.0. The fourth-order valence-corrected chi connectivity index (χ4v) is 2.39. The smallest absolute Gasteiger partial charge is 0.330 e. The van der Waals surface area contributed by atoms with E-state index in [0.29, 0.717) is 15.6 Å². The first-order valence-corrected chi connectivity index (χ1v) is 6.38. The van der Waals surface area contributed by atoms with Gasteiger partial charge in [0, 0.05) is 21.7 Å². The Morgan fingerprint density at radius 3 is 2.50 bits per heavy atom. The van der Waals surface area contributed by atoms with Crippen molar-refractivity contribution in [3.05, 3.63) is 33.8 Å². The van der Waals surface area contributed by atoms with Gasteiger partial charge in [0.1, 0.15) is 5.54 Å². The van der Waals surface area contributed by atoms with Crippen LogP contribution >= 0.6 is 23.2 Å². The van der Waals surface area contributed by atoms with Crippen LogP contribution in [0.3, 0.4) is 0 Å². The molecule has 1 unspecified atom stereocenters. The van der Waals surface area contributed by atoms with Gasteiger partial charge in [-0.25, -0.2) is 4.79 Å². The van der Waals surface area contributed by atoms with Crippen molar-refractivity contribution in [1.82, 2.24) is 5.32 Å². The second-order valence-electron chi connectivity index (χ2n) is 4.54. The average Bonchev–Trinajstić information content (AvgIpc) is 2.30. The Labute approximate surface area is 117 Å². The van der Waals surface area contributed by atoms with Gasteiger partial charge in [-0.1, -0.05) is 23.2 Å². The monoisotopic (exact) mass is 289 g/mol. The molecule has 0 aliphatic heterocycles. The van der Waals surface area contributed by atoms with E-state index in [4.69, 9.17) is 27.9 Å². The lowest BCUT2D eigenvalue weighted by atomic mass is 9.91. The number of ether oxygens (including phenoxy) is 1. The van der Waals surface area contributed by atoms with Crippen LogP contribution in [0, 0.1) is 0 Å². The van der Waals surface area contributed by atoms with E-state index in [1.54, 1.807) is 25.1 Å². The summed E-state index contributed by atoms with van der Waals surface area (Å²) in [5.74, 6) is -0.402. The number of carbonyl (C=O) groups is 1. The molecule has 100 valence electrons. The van der Waals surface area contributed by atoms with Crippen molar-refractivity contribution in [2.24, 2.45) is 0 Å². The number of nitrogens with one attached hydrogen (secondary N) is 1. The number of rotatable bonds is 4. The fourth-order valence-electron chi connectivity index (χ4n) is 1.91. The van der Waals surface area contributed by atoms with Crippen LogP contribution in [-0.2, 0) is 15.1 Å². The molecule has 3 nitrogen and oxygen atoms in total. The third kappa shape index (κ3) is 3.16. The van der Waals surface area contributed by atoms with Gasteiger partial charge in [0.05, 0.1) is 7.11 Å². The lowest BCUT2D eigenvalue weighted by Gasteiger charge is -2.31. The van der Waals surface area contributed by atoms with Crippen LogP contribution in [0.4, 0.5) is 0 Å². The van der Waals surface area contributed by atoms with E-state index >= 15 is 0 Å². The van der Waals surface area contributed by atoms with Crippen LogP contribution < -0.4 is 5.32 Å². The topological polar surface area (TPSA) is 38.3 Å². The van der Waals surface area contributed by atoms with Crippen molar-refractivity contribution in [2.75, 3.05) is 7.11 Å². The van der Waals surface area contributed by atoms with Crippen LogP contribution in [-0.4, -0.2) is 19.1 Å². The molecule has 0 saturated carbocycles. The van der Waals surface area contributed by atoms with Crippen LogP contribution in [0.2, 0.25) is 10.0 Å². The molecule has 0 aliphatic rings. The molecule has 0 heterocycles.